The molecule has 0 aromatic rings. The second-order valence-corrected chi connectivity index (χ2v) is 9.13. The lowest BCUT2D eigenvalue weighted by Gasteiger charge is -2.59. The molecular formula is C20H36O2. The van der Waals surface area contributed by atoms with E-state index < -0.39 is 5.60 Å². The Hall–Kier alpha value is -0.340. The van der Waals surface area contributed by atoms with Crippen LogP contribution in [0.5, 0.6) is 0 Å². The molecule has 0 bridgehead atoms. The molecule has 0 amide bonds. The van der Waals surface area contributed by atoms with Crippen LogP contribution in [0.3, 0.4) is 0 Å². The average molecular weight is 309 g/mol. The molecule has 1 unspecified atom stereocenters. The van der Waals surface area contributed by atoms with Gasteiger partial charge in [-0.05, 0) is 74.0 Å². The molecule has 2 N–H and O–H groups in total. The number of fused-ring (bicyclic) bond motifs is 1. The van der Waals surface area contributed by atoms with Crippen molar-refractivity contribution in [1.29, 1.82) is 0 Å². The number of hydrogen-bond donors (Lipinski definition) is 2. The first-order valence-corrected chi connectivity index (χ1v) is 9.13. The topological polar surface area (TPSA) is 40.5 Å². The summed E-state index contributed by atoms with van der Waals surface area (Å²) >= 11 is 0. The van der Waals surface area contributed by atoms with Gasteiger partial charge in [-0.1, -0.05) is 33.3 Å². The first-order chi connectivity index (χ1) is 10.2. The van der Waals surface area contributed by atoms with Gasteiger partial charge in [-0.3, -0.25) is 0 Å². The Balaban J connectivity index is 2.23. The van der Waals surface area contributed by atoms with Crippen molar-refractivity contribution in [2.24, 2.45) is 28.6 Å². The lowest BCUT2D eigenvalue weighted by atomic mass is 9.46. The highest BCUT2D eigenvalue weighted by molar-refractivity contribution is 5.04. The molecule has 0 spiro atoms. The normalized spacial score (nSPS) is 40.5. The molecule has 128 valence electrons. The molecule has 2 rings (SSSR count). The first-order valence-electron chi connectivity index (χ1n) is 9.13. The van der Waals surface area contributed by atoms with Crippen molar-refractivity contribution in [2.45, 2.75) is 78.2 Å². The minimum Gasteiger partial charge on any atom is -0.396 e. The van der Waals surface area contributed by atoms with Crippen LogP contribution in [0.15, 0.2) is 12.7 Å². The van der Waals surface area contributed by atoms with Crippen molar-refractivity contribution in [3.63, 3.8) is 0 Å². The quantitative estimate of drug-likeness (QED) is 0.731. The predicted octanol–water partition coefficient (Wildman–Crippen LogP) is 4.55. The second kappa shape index (κ2) is 6.28. The Kier molecular flexibility index (Phi) is 5.14. The summed E-state index contributed by atoms with van der Waals surface area (Å²) < 4.78 is 0. The molecule has 2 aliphatic rings. The minimum absolute atomic E-state index is 0.295. The fourth-order valence-electron chi connectivity index (χ4n) is 5.78. The smallest absolute Gasteiger partial charge is 0.0797 e. The van der Waals surface area contributed by atoms with Crippen LogP contribution >= 0.6 is 0 Å². The summed E-state index contributed by atoms with van der Waals surface area (Å²) in [6, 6.07) is 0. The third-order valence-electron chi connectivity index (χ3n) is 7.15. The predicted molar refractivity (Wildman–Crippen MR) is 92.6 cm³/mol. The molecule has 2 nitrogen and oxygen atoms in total. The Labute approximate surface area is 137 Å². The Morgan fingerprint density at radius 2 is 1.91 bits per heavy atom. The van der Waals surface area contributed by atoms with Crippen LogP contribution in [0.2, 0.25) is 0 Å². The van der Waals surface area contributed by atoms with Crippen LogP contribution in [-0.2, 0) is 0 Å². The van der Waals surface area contributed by atoms with Crippen LogP contribution in [0.25, 0.3) is 0 Å². The lowest BCUT2D eigenvalue weighted by Crippen LogP contribution is -2.52. The van der Waals surface area contributed by atoms with Crippen molar-refractivity contribution < 1.29 is 10.2 Å². The number of rotatable bonds is 5. The Morgan fingerprint density at radius 3 is 2.50 bits per heavy atom. The van der Waals surface area contributed by atoms with Crippen LogP contribution in [0.1, 0.15) is 72.6 Å². The SMILES string of the molecule is C=C[C@](C)(O)CC[C@H]1C(CO)CC[C@H]2C(C)(C)CCC[C@]12C. The lowest BCUT2D eigenvalue weighted by molar-refractivity contribution is -0.112. The monoisotopic (exact) mass is 308 g/mol. The van der Waals surface area contributed by atoms with Gasteiger partial charge >= 0.3 is 0 Å². The molecule has 2 saturated carbocycles. The number of hydrogen-bond acceptors (Lipinski definition) is 2. The molecule has 5 atom stereocenters. The van der Waals surface area contributed by atoms with Crippen LogP contribution in [-0.4, -0.2) is 22.4 Å². The maximum absolute atomic E-state index is 10.3. The third kappa shape index (κ3) is 3.28. The second-order valence-electron chi connectivity index (χ2n) is 9.13. The highest BCUT2D eigenvalue weighted by atomic mass is 16.3. The summed E-state index contributed by atoms with van der Waals surface area (Å²) in [5.74, 6) is 1.66. The van der Waals surface area contributed by atoms with E-state index in [4.69, 9.17) is 0 Å². The van der Waals surface area contributed by atoms with Gasteiger partial charge in [0.2, 0.25) is 0 Å². The molecule has 0 aromatic carbocycles. The largest absolute Gasteiger partial charge is 0.396 e. The van der Waals surface area contributed by atoms with Crippen LogP contribution in [0, 0.1) is 28.6 Å². The highest BCUT2D eigenvalue weighted by Gasteiger charge is 2.54. The summed E-state index contributed by atoms with van der Waals surface area (Å²) in [6.07, 6.45) is 9.70. The maximum Gasteiger partial charge on any atom is 0.0797 e. The van der Waals surface area contributed by atoms with E-state index >= 15 is 0 Å². The van der Waals surface area contributed by atoms with Crippen molar-refractivity contribution in [2.75, 3.05) is 6.61 Å². The third-order valence-corrected chi connectivity index (χ3v) is 7.15. The zero-order valence-corrected chi connectivity index (χ0v) is 15.1. The van der Waals surface area contributed by atoms with Crippen molar-refractivity contribution in [3.05, 3.63) is 12.7 Å². The van der Waals surface area contributed by atoms with E-state index in [1.165, 1.54) is 25.7 Å². The van der Waals surface area contributed by atoms with Crippen molar-refractivity contribution >= 4 is 0 Å². The minimum atomic E-state index is -0.784. The fraction of sp³-hybridized carbons (Fsp3) is 0.900. The standard InChI is InChI=1S/C20H36O2/c1-6-19(4,22)13-10-16-15(14-21)8-9-17-18(2,3)11-7-12-20(16,17)5/h6,15-17,21-22H,1,7-14H2,2-5H3/t15?,16-,17-,19-,20+/m0/s1. The zero-order valence-electron chi connectivity index (χ0n) is 15.1. The van der Waals surface area contributed by atoms with E-state index in [0.717, 1.165) is 25.2 Å². The Morgan fingerprint density at radius 1 is 1.23 bits per heavy atom. The van der Waals surface area contributed by atoms with E-state index in [1.54, 1.807) is 6.08 Å². The summed E-state index contributed by atoms with van der Waals surface area (Å²) in [4.78, 5) is 0. The fourth-order valence-corrected chi connectivity index (χ4v) is 5.78. The molecule has 0 saturated heterocycles. The summed E-state index contributed by atoms with van der Waals surface area (Å²) in [5.41, 5.74) is -0.0647. The summed E-state index contributed by atoms with van der Waals surface area (Å²) in [7, 11) is 0. The molecular weight excluding hydrogens is 272 g/mol. The van der Waals surface area contributed by atoms with Crippen LogP contribution < -0.4 is 0 Å². The van der Waals surface area contributed by atoms with Crippen LogP contribution in [0.4, 0.5) is 0 Å². The number of aliphatic hydroxyl groups is 2. The van der Waals surface area contributed by atoms with Gasteiger partial charge in [0.15, 0.2) is 0 Å². The van der Waals surface area contributed by atoms with Gasteiger partial charge in [0, 0.05) is 6.61 Å². The van der Waals surface area contributed by atoms with E-state index in [9.17, 15) is 10.2 Å². The molecule has 0 aromatic heterocycles. The first kappa shape index (κ1) is 18.0. The Bertz CT molecular complexity index is 399. The highest BCUT2D eigenvalue weighted by Crippen LogP contribution is 2.62. The van der Waals surface area contributed by atoms with Gasteiger partial charge in [-0.2, -0.15) is 0 Å². The van der Waals surface area contributed by atoms with Crippen molar-refractivity contribution in [3.8, 4) is 0 Å². The summed E-state index contributed by atoms with van der Waals surface area (Å²) in [5, 5.41) is 20.2. The molecule has 2 heteroatoms. The molecule has 0 radical (unpaired) electrons. The van der Waals surface area contributed by atoms with E-state index in [-0.39, 0.29) is 0 Å². The van der Waals surface area contributed by atoms with E-state index in [0.29, 0.717) is 29.3 Å². The molecule has 2 aliphatic carbocycles. The average Bonchev–Trinajstić information content (AvgIpc) is 2.44. The van der Waals surface area contributed by atoms with Gasteiger partial charge in [0.25, 0.3) is 0 Å². The maximum atomic E-state index is 10.3. The molecule has 0 aliphatic heterocycles. The summed E-state index contributed by atoms with van der Waals surface area (Å²) in [6.45, 7) is 13.2. The zero-order chi connectivity index (χ0) is 16.6. The van der Waals surface area contributed by atoms with Gasteiger partial charge < -0.3 is 10.2 Å². The van der Waals surface area contributed by atoms with Gasteiger partial charge in [0.05, 0.1) is 5.60 Å². The van der Waals surface area contributed by atoms with Gasteiger partial charge in [-0.25, -0.2) is 0 Å². The van der Waals surface area contributed by atoms with E-state index in [2.05, 4.69) is 27.4 Å². The molecule has 0 heterocycles. The van der Waals surface area contributed by atoms with E-state index in [1.807, 2.05) is 6.92 Å². The van der Waals surface area contributed by atoms with Gasteiger partial charge in [-0.15, -0.1) is 6.58 Å². The number of aliphatic hydroxyl groups excluding tert-OH is 1. The van der Waals surface area contributed by atoms with Crippen molar-refractivity contribution in [1.82, 2.24) is 0 Å². The molecule has 22 heavy (non-hydrogen) atoms. The molecule has 2 fully saturated rings. The van der Waals surface area contributed by atoms with Gasteiger partial charge in [0.1, 0.15) is 0 Å².